The second-order valence-corrected chi connectivity index (χ2v) is 4.98. The van der Waals surface area contributed by atoms with Gasteiger partial charge in [0.25, 0.3) is 0 Å². The Morgan fingerprint density at radius 3 is 3.07 bits per heavy atom. The van der Waals surface area contributed by atoms with E-state index in [1.54, 1.807) is 11.3 Å². The Labute approximate surface area is 93.9 Å². The van der Waals surface area contributed by atoms with Gasteiger partial charge in [0.05, 0.1) is 0 Å². The maximum atomic E-state index is 11.6. The van der Waals surface area contributed by atoms with Gasteiger partial charge in [-0.3, -0.25) is 4.79 Å². The molecule has 1 aromatic rings. The molecule has 0 aliphatic carbocycles. The molecule has 1 aliphatic rings. The van der Waals surface area contributed by atoms with Crippen molar-refractivity contribution in [3.8, 4) is 0 Å². The van der Waals surface area contributed by atoms with E-state index >= 15 is 0 Å². The predicted molar refractivity (Wildman–Crippen MR) is 61.8 cm³/mol. The number of likely N-dealkylation sites (tertiary alicyclic amines) is 1. The van der Waals surface area contributed by atoms with Gasteiger partial charge in [0, 0.05) is 25.0 Å². The molecule has 1 fully saturated rings. The molecule has 3 nitrogen and oxygen atoms in total. The smallest absolute Gasteiger partial charge is 0.224 e. The molecule has 1 saturated heterocycles. The summed E-state index contributed by atoms with van der Waals surface area (Å²) in [6, 6.07) is 2.41. The van der Waals surface area contributed by atoms with E-state index in [4.69, 9.17) is 5.73 Å². The fourth-order valence-corrected chi connectivity index (χ4v) is 2.73. The summed E-state index contributed by atoms with van der Waals surface area (Å²) in [7, 11) is 0. The van der Waals surface area contributed by atoms with Crippen molar-refractivity contribution in [1.29, 1.82) is 0 Å². The molecule has 82 valence electrons. The van der Waals surface area contributed by atoms with E-state index in [2.05, 4.69) is 23.8 Å². The fourth-order valence-electron chi connectivity index (χ4n) is 2.05. The first kappa shape index (κ1) is 10.6. The van der Waals surface area contributed by atoms with Crippen molar-refractivity contribution in [2.75, 3.05) is 6.54 Å². The number of nitrogens with two attached hydrogens (primary N) is 1. The summed E-state index contributed by atoms with van der Waals surface area (Å²) in [5.41, 5.74) is 7.07. The zero-order valence-corrected chi connectivity index (χ0v) is 9.67. The minimum atomic E-state index is 0.0300. The third kappa shape index (κ3) is 2.38. The van der Waals surface area contributed by atoms with Crippen LogP contribution in [0.25, 0.3) is 0 Å². The molecule has 1 aliphatic heterocycles. The van der Waals surface area contributed by atoms with Crippen molar-refractivity contribution in [2.24, 2.45) is 5.73 Å². The average Bonchev–Trinajstić information content (AvgIpc) is 2.75. The normalized spacial score (nSPS) is 23.5. The molecule has 4 heteroatoms. The molecule has 2 N–H and O–H groups in total. The molecule has 2 unspecified atom stereocenters. The summed E-state index contributed by atoms with van der Waals surface area (Å²) in [6.07, 6.45) is 1.44. The van der Waals surface area contributed by atoms with Crippen molar-refractivity contribution in [3.05, 3.63) is 22.4 Å². The number of hydrogen-bond acceptors (Lipinski definition) is 3. The molecular formula is C11H16N2OS. The molecule has 0 spiro atoms. The largest absolute Gasteiger partial charge is 0.338 e. The molecule has 0 bridgehead atoms. The van der Waals surface area contributed by atoms with E-state index in [1.165, 1.54) is 5.56 Å². The molecule has 2 rings (SSSR count). The topological polar surface area (TPSA) is 46.3 Å². The molecule has 1 amide bonds. The Kier molecular flexibility index (Phi) is 3.07. The van der Waals surface area contributed by atoms with Crippen LogP contribution in [0.4, 0.5) is 0 Å². The van der Waals surface area contributed by atoms with Crippen LogP contribution >= 0.6 is 11.3 Å². The highest BCUT2D eigenvalue weighted by atomic mass is 32.1. The van der Waals surface area contributed by atoms with E-state index in [9.17, 15) is 4.79 Å². The standard InChI is InChI=1S/C11H16N2OS/c1-8(4-9-2-3-15-7-9)13-6-10(12)5-11(13)14/h2-3,7-8,10H,4-6,12H2,1H3. The molecule has 15 heavy (non-hydrogen) atoms. The first-order valence-corrected chi connectivity index (χ1v) is 6.17. The zero-order valence-electron chi connectivity index (χ0n) is 8.85. The lowest BCUT2D eigenvalue weighted by Crippen LogP contribution is -2.37. The van der Waals surface area contributed by atoms with E-state index in [0.29, 0.717) is 13.0 Å². The number of amides is 1. The predicted octanol–water partition coefficient (Wildman–Crippen LogP) is 1.24. The molecule has 2 heterocycles. The van der Waals surface area contributed by atoms with Gasteiger partial charge < -0.3 is 10.6 Å². The molecule has 0 aromatic carbocycles. The highest BCUT2D eigenvalue weighted by molar-refractivity contribution is 7.07. The van der Waals surface area contributed by atoms with Crippen LogP contribution in [0.5, 0.6) is 0 Å². The van der Waals surface area contributed by atoms with Crippen LogP contribution in [0.2, 0.25) is 0 Å². The van der Waals surface area contributed by atoms with Gasteiger partial charge in [0.1, 0.15) is 0 Å². The van der Waals surface area contributed by atoms with Crippen LogP contribution in [-0.2, 0) is 11.2 Å². The third-order valence-electron chi connectivity index (χ3n) is 2.83. The quantitative estimate of drug-likeness (QED) is 0.839. The molecule has 2 atom stereocenters. The van der Waals surface area contributed by atoms with E-state index < -0.39 is 0 Å². The van der Waals surface area contributed by atoms with Crippen molar-refractivity contribution >= 4 is 17.2 Å². The van der Waals surface area contributed by atoms with Crippen molar-refractivity contribution < 1.29 is 4.79 Å². The van der Waals surface area contributed by atoms with Gasteiger partial charge >= 0.3 is 0 Å². The summed E-state index contributed by atoms with van der Waals surface area (Å²) in [6.45, 7) is 2.80. The van der Waals surface area contributed by atoms with Gasteiger partial charge in [0.2, 0.25) is 5.91 Å². The highest BCUT2D eigenvalue weighted by Crippen LogP contribution is 2.17. The number of carbonyl (C=O) groups excluding carboxylic acids is 1. The first-order valence-electron chi connectivity index (χ1n) is 5.23. The van der Waals surface area contributed by atoms with E-state index in [-0.39, 0.29) is 18.0 Å². The van der Waals surface area contributed by atoms with Crippen LogP contribution in [0, 0.1) is 0 Å². The van der Waals surface area contributed by atoms with Gasteiger partial charge in [-0.05, 0) is 35.7 Å². The highest BCUT2D eigenvalue weighted by Gasteiger charge is 2.30. The second kappa shape index (κ2) is 4.33. The summed E-state index contributed by atoms with van der Waals surface area (Å²) in [5.74, 6) is 0.199. The van der Waals surface area contributed by atoms with E-state index in [1.807, 2.05) is 4.90 Å². The Bertz CT molecular complexity index is 336. The number of thiophene rings is 1. The summed E-state index contributed by atoms with van der Waals surface area (Å²) in [5, 5.41) is 4.20. The van der Waals surface area contributed by atoms with Gasteiger partial charge in [-0.25, -0.2) is 0 Å². The number of hydrogen-bond donors (Lipinski definition) is 1. The van der Waals surface area contributed by atoms with Gasteiger partial charge in [0.15, 0.2) is 0 Å². The minimum Gasteiger partial charge on any atom is -0.338 e. The maximum Gasteiger partial charge on any atom is 0.224 e. The van der Waals surface area contributed by atoms with Crippen LogP contribution in [0.3, 0.4) is 0 Å². The van der Waals surface area contributed by atoms with Crippen molar-refractivity contribution in [1.82, 2.24) is 4.90 Å². The van der Waals surface area contributed by atoms with Crippen molar-refractivity contribution in [3.63, 3.8) is 0 Å². The molecular weight excluding hydrogens is 208 g/mol. The summed E-state index contributed by atoms with van der Waals surface area (Å²) < 4.78 is 0. The average molecular weight is 224 g/mol. The Balaban J connectivity index is 1.96. The summed E-state index contributed by atoms with van der Waals surface area (Å²) >= 11 is 1.70. The van der Waals surface area contributed by atoms with Crippen molar-refractivity contribution in [2.45, 2.75) is 31.8 Å². The van der Waals surface area contributed by atoms with Crippen LogP contribution in [-0.4, -0.2) is 29.4 Å². The van der Waals surface area contributed by atoms with Gasteiger partial charge in [-0.15, -0.1) is 0 Å². The molecule has 0 radical (unpaired) electrons. The number of carbonyl (C=O) groups is 1. The van der Waals surface area contributed by atoms with Crippen LogP contribution < -0.4 is 5.73 Å². The first-order chi connectivity index (χ1) is 7.16. The monoisotopic (exact) mass is 224 g/mol. The SMILES string of the molecule is CC(Cc1ccsc1)N1CC(N)CC1=O. The minimum absolute atomic E-state index is 0.0300. The molecule has 1 aromatic heterocycles. The Hall–Kier alpha value is -0.870. The second-order valence-electron chi connectivity index (χ2n) is 4.20. The lowest BCUT2D eigenvalue weighted by molar-refractivity contribution is -0.129. The number of nitrogens with zero attached hydrogens (tertiary/aromatic N) is 1. The molecule has 0 saturated carbocycles. The fraction of sp³-hybridized carbons (Fsp3) is 0.545. The van der Waals surface area contributed by atoms with Gasteiger partial charge in [-0.2, -0.15) is 11.3 Å². The third-order valence-corrected chi connectivity index (χ3v) is 3.56. The van der Waals surface area contributed by atoms with Crippen LogP contribution in [0.1, 0.15) is 18.9 Å². The Morgan fingerprint density at radius 1 is 1.73 bits per heavy atom. The van der Waals surface area contributed by atoms with Crippen LogP contribution in [0.15, 0.2) is 16.8 Å². The van der Waals surface area contributed by atoms with E-state index in [0.717, 1.165) is 6.42 Å². The lowest BCUT2D eigenvalue weighted by atomic mass is 10.1. The maximum absolute atomic E-state index is 11.6. The number of rotatable bonds is 3. The lowest BCUT2D eigenvalue weighted by Gasteiger charge is -2.24. The Morgan fingerprint density at radius 2 is 2.53 bits per heavy atom. The zero-order chi connectivity index (χ0) is 10.8. The van der Waals surface area contributed by atoms with Gasteiger partial charge in [-0.1, -0.05) is 0 Å². The summed E-state index contributed by atoms with van der Waals surface area (Å²) in [4.78, 5) is 13.5.